The monoisotopic (exact) mass is 559 g/mol. The summed E-state index contributed by atoms with van der Waals surface area (Å²) in [5, 5.41) is 8.89. The van der Waals surface area contributed by atoms with E-state index < -0.39 is 40.9 Å². The molecule has 0 aromatic heterocycles. The van der Waals surface area contributed by atoms with Gasteiger partial charge in [-0.3, -0.25) is 4.79 Å². The van der Waals surface area contributed by atoms with Crippen LogP contribution >= 0.6 is 0 Å². The molecule has 0 saturated carbocycles. The number of ketones is 1. The maximum absolute atomic E-state index is 14.8. The minimum Gasteiger partial charge on any atom is -0.493 e. The van der Waals surface area contributed by atoms with E-state index in [0.717, 1.165) is 24.3 Å². The Bertz CT molecular complexity index is 1320. The van der Waals surface area contributed by atoms with Crippen LogP contribution in [0.3, 0.4) is 0 Å². The summed E-state index contributed by atoms with van der Waals surface area (Å²) >= 11 is 0. The molecule has 3 aromatic rings. The highest BCUT2D eigenvalue weighted by molar-refractivity contribution is 6.39. The summed E-state index contributed by atoms with van der Waals surface area (Å²) in [4.78, 5) is 24.8. The van der Waals surface area contributed by atoms with Gasteiger partial charge in [0, 0.05) is 30.2 Å². The van der Waals surface area contributed by atoms with Crippen LogP contribution in [0, 0.1) is 29.2 Å². The van der Waals surface area contributed by atoms with Gasteiger partial charge in [0.25, 0.3) is 5.78 Å². The number of halogens is 4. The van der Waals surface area contributed by atoms with Gasteiger partial charge in [0.1, 0.15) is 23.3 Å². The fourth-order valence-electron chi connectivity index (χ4n) is 5.21. The molecule has 4 rings (SSSR count). The SMILES string of the molecule is COc1cc(C(=O)C(=O)O)ccc1OCCCN1CCC(C(c2ccc(F)cc2F)c2ccc(F)cc2F)CC1. The third-order valence-electron chi connectivity index (χ3n) is 7.20. The van der Waals surface area contributed by atoms with Crippen molar-refractivity contribution in [1.29, 1.82) is 0 Å². The maximum atomic E-state index is 14.8. The molecule has 3 aromatic carbocycles. The second-order valence-electron chi connectivity index (χ2n) is 9.69. The molecule has 0 unspecified atom stereocenters. The van der Waals surface area contributed by atoms with Crippen molar-refractivity contribution in [2.24, 2.45) is 5.92 Å². The number of hydrogen-bond donors (Lipinski definition) is 1. The molecular formula is C30H29F4NO5. The highest BCUT2D eigenvalue weighted by Crippen LogP contribution is 2.40. The van der Waals surface area contributed by atoms with Gasteiger partial charge in [-0.1, -0.05) is 12.1 Å². The minimum atomic E-state index is -1.56. The van der Waals surface area contributed by atoms with Crippen LogP contribution in [0.1, 0.15) is 46.7 Å². The Morgan fingerprint density at radius 2 is 1.50 bits per heavy atom. The fourth-order valence-corrected chi connectivity index (χ4v) is 5.21. The Morgan fingerprint density at radius 3 is 2.02 bits per heavy atom. The van der Waals surface area contributed by atoms with Crippen LogP contribution in [0.5, 0.6) is 11.5 Å². The third kappa shape index (κ3) is 6.80. The van der Waals surface area contributed by atoms with Crippen molar-refractivity contribution >= 4 is 11.8 Å². The molecule has 1 aliphatic rings. The van der Waals surface area contributed by atoms with Gasteiger partial charge in [0.15, 0.2) is 11.5 Å². The second kappa shape index (κ2) is 13.0. The molecule has 0 amide bonds. The molecule has 6 nitrogen and oxygen atoms in total. The number of piperidine rings is 1. The Kier molecular flexibility index (Phi) is 9.42. The first-order valence-electron chi connectivity index (χ1n) is 12.9. The molecule has 1 heterocycles. The van der Waals surface area contributed by atoms with Gasteiger partial charge in [-0.15, -0.1) is 0 Å². The van der Waals surface area contributed by atoms with Gasteiger partial charge in [-0.05, 0) is 79.7 Å². The van der Waals surface area contributed by atoms with E-state index in [4.69, 9.17) is 14.6 Å². The third-order valence-corrected chi connectivity index (χ3v) is 7.20. The number of ether oxygens (including phenoxy) is 2. The van der Waals surface area contributed by atoms with Gasteiger partial charge in [-0.25, -0.2) is 22.4 Å². The average Bonchev–Trinajstić information content (AvgIpc) is 2.93. The maximum Gasteiger partial charge on any atom is 0.377 e. The highest BCUT2D eigenvalue weighted by atomic mass is 19.1. The molecule has 1 aliphatic heterocycles. The molecule has 212 valence electrons. The number of carboxylic acids is 1. The van der Waals surface area contributed by atoms with Crippen molar-refractivity contribution < 1.29 is 41.7 Å². The molecule has 10 heteroatoms. The molecule has 1 saturated heterocycles. The standard InChI is InChI=1S/C30H29F4NO5/c1-39-27-15-19(29(36)30(37)38)3-8-26(27)40-14-2-11-35-12-9-18(10-13-35)28(22-6-4-20(31)16-24(22)33)23-7-5-21(32)17-25(23)34/h3-8,15-18,28H,2,9-14H2,1H3,(H,37,38). The van der Waals surface area contributed by atoms with E-state index in [1.54, 1.807) is 0 Å². The fraction of sp³-hybridized carbons (Fsp3) is 0.333. The average molecular weight is 560 g/mol. The predicted molar refractivity (Wildman–Crippen MR) is 139 cm³/mol. The van der Waals surface area contributed by atoms with Crippen molar-refractivity contribution in [3.05, 3.63) is 94.6 Å². The van der Waals surface area contributed by atoms with Crippen molar-refractivity contribution in [3.63, 3.8) is 0 Å². The van der Waals surface area contributed by atoms with Gasteiger partial charge in [-0.2, -0.15) is 0 Å². The van der Waals surface area contributed by atoms with Gasteiger partial charge < -0.3 is 19.5 Å². The molecule has 1 N–H and O–H groups in total. The molecule has 0 aliphatic carbocycles. The number of benzene rings is 3. The normalized spacial score (nSPS) is 14.3. The summed E-state index contributed by atoms with van der Waals surface area (Å²) in [6, 6.07) is 10.7. The molecule has 1 fully saturated rings. The van der Waals surface area contributed by atoms with Crippen LogP contribution in [-0.2, 0) is 4.79 Å². The van der Waals surface area contributed by atoms with Gasteiger partial charge >= 0.3 is 5.97 Å². The summed E-state index contributed by atoms with van der Waals surface area (Å²) in [6.45, 7) is 2.38. The minimum absolute atomic E-state index is 0.0149. The molecule has 0 spiro atoms. The first-order chi connectivity index (χ1) is 19.2. The number of likely N-dealkylation sites (tertiary alicyclic amines) is 1. The predicted octanol–water partition coefficient (Wildman–Crippen LogP) is 5.83. The van der Waals surface area contributed by atoms with Crippen molar-refractivity contribution in [2.75, 3.05) is 33.4 Å². The van der Waals surface area contributed by atoms with Crippen molar-refractivity contribution in [1.82, 2.24) is 4.90 Å². The van der Waals surface area contributed by atoms with Crippen LogP contribution in [0.4, 0.5) is 17.6 Å². The number of carboxylic acid groups (broad SMARTS) is 1. The zero-order chi connectivity index (χ0) is 28.8. The summed E-state index contributed by atoms with van der Waals surface area (Å²) < 4.78 is 67.8. The Balaban J connectivity index is 1.35. The van der Waals surface area contributed by atoms with Crippen LogP contribution in [0.25, 0.3) is 0 Å². The largest absolute Gasteiger partial charge is 0.493 e. The molecule has 0 atom stereocenters. The van der Waals surface area contributed by atoms with Gasteiger partial charge in [0.05, 0.1) is 13.7 Å². The van der Waals surface area contributed by atoms with E-state index in [0.29, 0.717) is 51.3 Å². The van der Waals surface area contributed by atoms with Crippen molar-refractivity contribution in [2.45, 2.75) is 25.2 Å². The molecule has 0 radical (unpaired) electrons. The topological polar surface area (TPSA) is 76.1 Å². The van der Waals surface area contributed by atoms with E-state index in [9.17, 15) is 27.2 Å². The number of Topliss-reactive ketones (excluding diaryl/α,β-unsaturated/α-hetero) is 1. The van der Waals surface area contributed by atoms with Crippen LogP contribution in [0.15, 0.2) is 54.6 Å². The Labute approximate surface area is 229 Å². The Hall–Kier alpha value is -3.92. The van der Waals surface area contributed by atoms with Crippen LogP contribution < -0.4 is 9.47 Å². The van der Waals surface area contributed by atoms with Crippen molar-refractivity contribution in [3.8, 4) is 11.5 Å². The lowest BCUT2D eigenvalue weighted by Gasteiger charge is -2.37. The quantitative estimate of drug-likeness (QED) is 0.138. The summed E-state index contributed by atoms with van der Waals surface area (Å²) in [7, 11) is 1.39. The van der Waals surface area contributed by atoms with E-state index in [2.05, 4.69) is 4.90 Å². The first kappa shape index (κ1) is 29.1. The van der Waals surface area contributed by atoms with E-state index in [1.807, 2.05) is 0 Å². The van der Waals surface area contributed by atoms with Gasteiger partial charge in [0.2, 0.25) is 0 Å². The second-order valence-corrected chi connectivity index (χ2v) is 9.69. The van der Waals surface area contributed by atoms with E-state index >= 15 is 0 Å². The Morgan fingerprint density at radius 1 is 0.900 bits per heavy atom. The number of carbonyl (C=O) groups is 2. The summed E-state index contributed by atoms with van der Waals surface area (Å²) in [6.07, 6.45) is 1.92. The number of rotatable bonds is 11. The van der Waals surface area contributed by atoms with Crippen LogP contribution in [0.2, 0.25) is 0 Å². The lowest BCUT2D eigenvalue weighted by molar-refractivity contribution is -0.131. The molecule has 40 heavy (non-hydrogen) atoms. The van der Waals surface area contributed by atoms with E-state index in [1.165, 1.54) is 37.4 Å². The van der Waals surface area contributed by atoms with Crippen LogP contribution in [-0.4, -0.2) is 55.1 Å². The lowest BCUT2D eigenvalue weighted by atomic mass is 9.75. The number of nitrogens with zero attached hydrogens (tertiary/aromatic N) is 1. The number of methoxy groups -OCH3 is 1. The molecular weight excluding hydrogens is 530 g/mol. The zero-order valence-electron chi connectivity index (χ0n) is 21.8. The lowest BCUT2D eigenvalue weighted by Crippen LogP contribution is -2.37. The van der Waals surface area contributed by atoms with E-state index in [-0.39, 0.29) is 28.4 Å². The molecule has 0 bridgehead atoms. The first-order valence-corrected chi connectivity index (χ1v) is 12.9. The summed E-state index contributed by atoms with van der Waals surface area (Å²) in [5.74, 6) is -5.75. The smallest absolute Gasteiger partial charge is 0.377 e. The highest BCUT2D eigenvalue weighted by Gasteiger charge is 2.32. The summed E-state index contributed by atoms with van der Waals surface area (Å²) in [5.41, 5.74) is 0.353. The number of aliphatic carboxylic acids is 1. The zero-order valence-corrected chi connectivity index (χ0v) is 21.8. The number of hydrogen-bond acceptors (Lipinski definition) is 5. The number of carbonyl (C=O) groups excluding carboxylic acids is 1.